The van der Waals surface area contributed by atoms with Crippen LogP contribution < -0.4 is 10.1 Å². The van der Waals surface area contributed by atoms with Gasteiger partial charge in [-0.1, -0.05) is 17.3 Å². The zero-order valence-electron chi connectivity index (χ0n) is 21.4. The molecule has 0 spiro atoms. The van der Waals surface area contributed by atoms with Crippen molar-refractivity contribution < 1.29 is 18.8 Å². The number of rotatable bonds is 8. The van der Waals surface area contributed by atoms with E-state index in [1.807, 2.05) is 49.4 Å². The monoisotopic (exact) mass is 511 g/mol. The predicted octanol–water partition coefficient (Wildman–Crippen LogP) is 6.52. The first kappa shape index (κ1) is 24.0. The summed E-state index contributed by atoms with van der Waals surface area (Å²) in [6, 6.07) is 16.2. The molecule has 1 atom stereocenters. The number of nitrogens with zero attached hydrogens (tertiary/aromatic N) is 4. The zero-order chi connectivity index (χ0) is 26.2. The van der Waals surface area contributed by atoms with Gasteiger partial charge in [0.25, 0.3) is 0 Å². The van der Waals surface area contributed by atoms with Gasteiger partial charge in [0.1, 0.15) is 17.9 Å². The summed E-state index contributed by atoms with van der Waals surface area (Å²) in [4.78, 5) is 16.5. The third-order valence-electron chi connectivity index (χ3n) is 7.45. The molecule has 2 heterocycles. The second-order valence-corrected chi connectivity index (χ2v) is 10.1. The van der Waals surface area contributed by atoms with Crippen LogP contribution in [0.2, 0.25) is 0 Å². The van der Waals surface area contributed by atoms with Crippen molar-refractivity contribution in [3.05, 3.63) is 59.7 Å². The molecule has 2 aliphatic carbocycles. The maximum absolute atomic E-state index is 12.3. The number of fused-ring (bicyclic) bond motifs is 1. The Morgan fingerprint density at radius 2 is 2.00 bits per heavy atom. The van der Waals surface area contributed by atoms with Crippen molar-refractivity contribution in [1.82, 2.24) is 14.7 Å². The maximum atomic E-state index is 12.3. The van der Waals surface area contributed by atoms with Gasteiger partial charge >= 0.3 is 6.09 Å². The molecule has 2 fully saturated rings. The molecule has 2 aliphatic rings. The van der Waals surface area contributed by atoms with E-state index in [9.17, 15) is 10.1 Å². The SMILES string of the molecule is Cc1nc(COc2ccc3c(c2)c(C#N)c(-c2ccc(NC(=O)OC(C)C4CC4)cc2)n3C2CCC2)no1. The number of aryl methyl sites for hydroxylation is 1. The van der Waals surface area contributed by atoms with E-state index in [1.54, 1.807) is 6.92 Å². The van der Waals surface area contributed by atoms with E-state index in [2.05, 4.69) is 26.1 Å². The first-order chi connectivity index (χ1) is 18.5. The Labute approximate surface area is 220 Å². The van der Waals surface area contributed by atoms with Crippen molar-refractivity contribution in [3.8, 4) is 23.1 Å². The van der Waals surface area contributed by atoms with Crippen LogP contribution in [-0.2, 0) is 11.3 Å². The second-order valence-electron chi connectivity index (χ2n) is 10.1. The summed E-state index contributed by atoms with van der Waals surface area (Å²) in [6.45, 7) is 3.85. The average molecular weight is 512 g/mol. The fourth-order valence-electron chi connectivity index (χ4n) is 5.04. The Kier molecular flexibility index (Phi) is 6.24. The smallest absolute Gasteiger partial charge is 0.411 e. The quantitative estimate of drug-likeness (QED) is 0.286. The lowest BCUT2D eigenvalue weighted by Crippen LogP contribution is -2.21. The average Bonchev–Trinajstić information content (AvgIpc) is 3.58. The molecule has 0 aliphatic heterocycles. The van der Waals surface area contributed by atoms with Gasteiger partial charge in [-0.15, -0.1) is 0 Å². The van der Waals surface area contributed by atoms with E-state index < -0.39 is 6.09 Å². The van der Waals surface area contributed by atoms with E-state index in [4.69, 9.17) is 14.0 Å². The molecular formula is C29H29N5O4. The van der Waals surface area contributed by atoms with Gasteiger partial charge in [0.05, 0.1) is 16.8 Å². The number of hydrogen-bond donors (Lipinski definition) is 1. The van der Waals surface area contributed by atoms with Crippen molar-refractivity contribution in [1.29, 1.82) is 5.26 Å². The van der Waals surface area contributed by atoms with Crippen LogP contribution in [-0.4, -0.2) is 26.9 Å². The van der Waals surface area contributed by atoms with Gasteiger partial charge in [-0.3, -0.25) is 5.32 Å². The van der Waals surface area contributed by atoms with Gasteiger partial charge in [-0.05, 0) is 80.8 Å². The van der Waals surface area contributed by atoms with Crippen molar-refractivity contribution in [2.24, 2.45) is 5.92 Å². The highest BCUT2D eigenvalue weighted by molar-refractivity contribution is 5.96. The van der Waals surface area contributed by atoms with Crippen LogP contribution in [0.1, 0.15) is 62.3 Å². The van der Waals surface area contributed by atoms with E-state index >= 15 is 0 Å². The van der Waals surface area contributed by atoms with E-state index in [0.717, 1.165) is 47.8 Å². The Balaban J connectivity index is 1.29. The van der Waals surface area contributed by atoms with Gasteiger partial charge < -0.3 is 18.6 Å². The molecule has 194 valence electrons. The number of benzene rings is 2. The van der Waals surface area contributed by atoms with Crippen molar-refractivity contribution in [2.75, 3.05) is 5.32 Å². The molecule has 2 aromatic heterocycles. The number of carbonyl (C=O) groups excluding carboxylic acids is 1. The van der Waals surface area contributed by atoms with Gasteiger partial charge in [0.15, 0.2) is 6.61 Å². The highest BCUT2D eigenvalue weighted by atomic mass is 16.6. The fourth-order valence-corrected chi connectivity index (χ4v) is 5.04. The van der Waals surface area contributed by atoms with E-state index in [0.29, 0.717) is 40.7 Å². The van der Waals surface area contributed by atoms with Gasteiger partial charge in [-0.25, -0.2) is 4.79 Å². The van der Waals surface area contributed by atoms with Crippen molar-refractivity contribution in [2.45, 2.75) is 64.7 Å². The molecule has 1 amide bonds. The largest absolute Gasteiger partial charge is 0.485 e. The van der Waals surface area contributed by atoms with Crippen LogP contribution in [0.15, 0.2) is 47.0 Å². The number of carbonyl (C=O) groups is 1. The second kappa shape index (κ2) is 9.86. The molecule has 2 saturated carbocycles. The molecule has 1 N–H and O–H groups in total. The normalized spacial score (nSPS) is 16.0. The Morgan fingerprint density at radius 1 is 1.21 bits per heavy atom. The summed E-state index contributed by atoms with van der Waals surface area (Å²) in [5.41, 5.74) is 4.06. The van der Waals surface area contributed by atoms with E-state index in [1.165, 1.54) is 6.42 Å². The Bertz CT molecular complexity index is 1520. The summed E-state index contributed by atoms with van der Waals surface area (Å²) in [7, 11) is 0. The lowest BCUT2D eigenvalue weighted by molar-refractivity contribution is 0.108. The minimum atomic E-state index is -0.443. The number of nitriles is 1. The lowest BCUT2D eigenvalue weighted by atomic mass is 9.92. The molecule has 2 aromatic carbocycles. The van der Waals surface area contributed by atoms with Crippen LogP contribution in [0.25, 0.3) is 22.2 Å². The number of ether oxygens (including phenoxy) is 2. The number of hydrogen-bond acceptors (Lipinski definition) is 7. The topological polar surface area (TPSA) is 115 Å². The lowest BCUT2D eigenvalue weighted by Gasteiger charge is -2.30. The summed E-state index contributed by atoms with van der Waals surface area (Å²) in [6.07, 6.45) is 5.03. The minimum absolute atomic E-state index is 0.0733. The summed E-state index contributed by atoms with van der Waals surface area (Å²) in [5, 5.41) is 17.8. The Hall–Kier alpha value is -4.32. The molecule has 4 aromatic rings. The predicted molar refractivity (Wildman–Crippen MR) is 141 cm³/mol. The molecule has 9 nitrogen and oxygen atoms in total. The number of anilines is 1. The first-order valence-corrected chi connectivity index (χ1v) is 13.1. The van der Waals surface area contributed by atoms with Crippen LogP contribution in [0.4, 0.5) is 10.5 Å². The zero-order valence-corrected chi connectivity index (χ0v) is 21.4. The van der Waals surface area contributed by atoms with E-state index in [-0.39, 0.29) is 12.7 Å². The van der Waals surface area contributed by atoms with Crippen molar-refractivity contribution in [3.63, 3.8) is 0 Å². The summed E-state index contributed by atoms with van der Waals surface area (Å²) < 4.78 is 18.7. The highest BCUT2D eigenvalue weighted by Gasteiger charge is 2.31. The molecule has 0 bridgehead atoms. The van der Waals surface area contributed by atoms with Crippen LogP contribution in [0.5, 0.6) is 5.75 Å². The summed E-state index contributed by atoms with van der Waals surface area (Å²) in [5.74, 6) is 2.07. The molecular weight excluding hydrogens is 482 g/mol. The molecule has 38 heavy (non-hydrogen) atoms. The Morgan fingerprint density at radius 3 is 2.63 bits per heavy atom. The van der Waals surface area contributed by atoms with Crippen molar-refractivity contribution >= 4 is 22.7 Å². The third kappa shape index (κ3) is 4.70. The van der Waals surface area contributed by atoms with Crippen LogP contribution >= 0.6 is 0 Å². The molecule has 0 radical (unpaired) electrons. The van der Waals surface area contributed by atoms with Crippen LogP contribution in [0.3, 0.4) is 0 Å². The van der Waals surface area contributed by atoms with Gasteiger partial charge in [-0.2, -0.15) is 10.2 Å². The minimum Gasteiger partial charge on any atom is -0.485 e. The van der Waals surface area contributed by atoms with Gasteiger partial charge in [0, 0.05) is 24.0 Å². The standard InChI is InChI=1S/C29H29N5O4/c1-17(19-6-7-19)37-29(35)32-21-10-8-20(9-11-21)28-25(15-30)24-14-23(36-16-27-31-18(2)38-33-27)12-13-26(24)34(28)22-4-3-5-22/h8-14,17,19,22H,3-7,16H2,1-2H3,(H,32,35). The number of amides is 1. The molecule has 1 unspecified atom stereocenters. The maximum Gasteiger partial charge on any atom is 0.411 e. The number of nitrogens with one attached hydrogen (secondary N) is 1. The third-order valence-corrected chi connectivity index (χ3v) is 7.45. The number of aromatic nitrogens is 3. The summed E-state index contributed by atoms with van der Waals surface area (Å²) >= 11 is 0. The fraction of sp³-hybridized carbons (Fsp3) is 0.379. The van der Waals surface area contributed by atoms with Gasteiger partial charge in [0.2, 0.25) is 11.7 Å². The van der Waals surface area contributed by atoms with Crippen LogP contribution in [0, 0.1) is 24.2 Å². The molecule has 9 heteroatoms. The highest BCUT2D eigenvalue weighted by Crippen LogP contribution is 2.43. The molecule has 6 rings (SSSR count). The molecule has 0 saturated heterocycles. The first-order valence-electron chi connectivity index (χ1n) is 13.1.